The molecular weight excluding hydrogens is 308 g/mol. The molecule has 0 saturated carbocycles. The molecule has 0 amide bonds. The molecule has 3 aliphatic heterocycles. The number of nitrogens with zero attached hydrogens (tertiary/aromatic N) is 3. The van der Waals surface area contributed by atoms with E-state index in [9.17, 15) is 9.59 Å². The molecule has 23 heavy (non-hydrogen) atoms. The number of hydrogen-bond acceptors (Lipinski definition) is 6. The third-order valence-electron chi connectivity index (χ3n) is 4.27. The molecule has 3 fully saturated rings. The van der Waals surface area contributed by atoms with Gasteiger partial charge in [-0.25, -0.2) is 0 Å². The van der Waals surface area contributed by atoms with Crippen molar-refractivity contribution >= 4 is 22.0 Å². The Hall–Kier alpha value is -1.60. The molecular formula is C16H26N4O2Si. The van der Waals surface area contributed by atoms with Crippen LogP contribution in [0.15, 0.2) is 23.2 Å². The first-order valence-electron chi connectivity index (χ1n) is 8.61. The first-order chi connectivity index (χ1) is 11.2. The summed E-state index contributed by atoms with van der Waals surface area (Å²) >= 11 is 0. The van der Waals surface area contributed by atoms with Crippen LogP contribution >= 0.6 is 0 Å². The highest BCUT2D eigenvalue weighted by Crippen LogP contribution is 2.33. The number of hydrogen-bond donors (Lipinski definition) is 1. The number of unbranched alkanes of at least 4 members (excludes halogenated alkanes) is 1. The van der Waals surface area contributed by atoms with Crippen LogP contribution in [0.5, 0.6) is 0 Å². The molecule has 3 saturated heterocycles. The van der Waals surface area contributed by atoms with Crippen molar-refractivity contribution in [3.05, 3.63) is 23.2 Å². The number of carbonyl (C=O) groups excluding carboxylic acids is 2. The Morgan fingerprint density at radius 2 is 1.57 bits per heavy atom. The Balaban J connectivity index is 0.000000227. The fourth-order valence-electron chi connectivity index (χ4n) is 2.63. The molecule has 126 valence electrons. The van der Waals surface area contributed by atoms with Crippen LogP contribution in [0.1, 0.15) is 19.8 Å². The van der Waals surface area contributed by atoms with E-state index in [2.05, 4.69) is 11.9 Å². The topological polar surface area (TPSA) is 55.2 Å². The normalized spacial score (nSPS) is 22.1. The van der Waals surface area contributed by atoms with E-state index < -0.39 is 0 Å². The maximum absolute atomic E-state index is 12.4. The molecule has 1 aliphatic carbocycles. The maximum atomic E-state index is 12.4. The molecule has 4 rings (SSSR count). The standard InChI is InChI=1S/C12H13N3O2.C4H13NSi/c16-9-7-8(13-1-2-13)12(17)11(15-5-6-15)10(9)14-3-4-14;1-2-3-4-5-6/h7H,1-6H2;5H,2-4H2,1,6H3. The van der Waals surface area contributed by atoms with Gasteiger partial charge >= 0.3 is 0 Å². The van der Waals surface area contributed by atoms with Crippen LogP contribution in [0.3, 0.4) is 0 Å². The number of rotatable bonds is 6. The minimum absolute atomic E-state index is 0.00546. The minimum atomic E-state index is 0.00546. The molecule has 4 aliphatic rings. The largest absolute Gasteiger partial charge is 0.365 e. The summed E-state index contributed by atoms with van der Waals surface area (Å²) in [5.74, 6) is 0.0485. The average molecular weight is 334 g/mol. The number of allylic oxidation sites excluding steroid dienone is 1. The van der Waals surface area contributed by atoms with Crippen molar-refractivity contribution in [2.75, 3.05) is 45.8 Å². The van der Waals surface area contributed by atoms with E-state index in [-0.39, 0.29) is 11.6 Å². The molecule has 0 spiro atoms. The fraction of sp³-hybridized carbons (Fsp3) is 0.625. The first-order valence-corrected chi connectivity index (χ1v) is 9.61. The SMILES string of the molecule is CCCCN[SiH3].O=C1C=C(N2CC2)C(=O)C(N2CC2)=C1N1CC1. The zero-order valence-electron chi connectivity index (χ0n) is 14.1. The third kappa shape index (κ3) is 3.84. The second-order valence-electron chi connectivity index (χ2n) is 6.34. The maximum Gasteiger partial charge on any atom is 0.227 e. The van der Waals surface area contributed by atoms with Crippen LogP contribution in [-0.2, 0) is 9.59 Å². The van der Waals surface area contributed by atoms with E-state index in [1.54, 1.807) is 0 Å². The van der Waals surface area contributed by atoms with Crippen molar-refractivity contribution in [1.29, 1.82) is 0 Å². The fourth-order valence-corrected chi connectivity index (χ4v) is 2.98. The molecule has 0 aromatic carbocycles. The summed E-state index contributed by atoms with van der Waals surface area (Å²) < 4.78 is 0. The zero-order valence-corrected chi connectivity index (χ0v) is 16.1. The summed E-state index contributed by atoms with van der Waals surface area (Å²) in [5.41, 5.74) is 1.89. The van der Waals surface area contributed by atoms with Gasteiger partial charge in [0.2, 0.25) is 11.6 Å². The van der Waals surface area contributed by atoms with Gasteiger partial charge in [-0.1, -0.05) is 13.3 Å². The lowest BCUT2D eigenvalue weighted by Gasteiger charge is -2.21. The number of nitrogens with one attached hydrogen (secondary N) is 1. The van der Waals surface area contributed by atoms with Gasteiger partial charge in [-0.3, -0.25) is 9.59 Å². The minimum Gasteiger partial charge on any atom is -0.365 e. The van der Waals surface area contributed by atoms with E-state index in [4.69, 9.17) is 0 Å². The van der Waals surface area contributed by atoms with Crippen LogP contribution in [0.25, 0.3) is 0 Å². The van der Waals surface area contributed by atoms with Crippen molar-refractivity contribution in [3.8, 4) is 0 Å². The van der Waals surface area contributed by atoms with Gasteiger partial charge < -0.3 is 19.7 Å². The highest BCUT2D eigenvalue weighted by Gasteiger charge is 2.43. The van der Waals surface area contributed by atoms with E-state index >= 15 is 0 Å². The van der Waals surface area contributed by atoms with Crippen LogP contribution in [-0.4, -0.2) is 82.5 Å². The van der Waals surface area contributed by atoms with Gasteiger partial charge in [0.1, 0.15) is 11.4 Å². The van der Waals surface area contributed by atoms with Crippen LogP contribution in [0, 0.1) is 0 Å². The van der Waals surface area contributed by atoms with Gasteiger partial charge in [-0.2, -0.15) is 0 Å². The molecule has 1 N–H and O–H groups in total. The number of ketones is 2. The number of Topliss-reactive ketones (excluding diaryl/α,β-unsaturated/α-hetero) is 1. The van der Waals surface area contributed by atoms with E-state index in [1.165, 1.54) is 25.5 Å². The zero-order chi connectivity index (χ0) is 16.4. The Labute approximate surface area is 140 Å². The highest BCUT2D eigenvalue weighted by atomic mass is 28.2. The predicted octanol–water partition coefficient (Wildman–Crippen LogP) is -1.16. The second-order valence-corrected chi connectivity index (χ2v) is 7.05. The Kier molecular flexibility index (Phi) is 4.86. The van der Waals surface area contributed by atoms with E-state index in [1.807, 2.05) is 14.7 Å². The summed E-state index contributed by atoms with van der Waals surface area (Å²) in [5, 5.41) is 0. The summed E-state index contributed by atoms with van der Waals surface area (Å²) in [7, 11) is 1.15. The van der Waals surface area contributed by atoms with Gasteiger partial charge in [0, 0.05) is 45.3 Å². The smallest absolute Gasteiger partial charge is 0.227 e. The van der Waals surface area contributed by atoms with E-state index in [0.717, 1.165) is 49.7 Å². The van der Waals surface area contributed by atoms with Gasteiger partial charge in [-0.05, 0) is 13.0 Å². The van der Waals surface area contributed by atoms with Crippen molar-refractivity contribution in [2.24, 2.45) is 0 Å². The van der Waals surface area contributed by atoms with E-state index in [0.29, 0.717) is 17.1 Å². The van der Waals surface area contributed by atoms with Crippen molar-refractivity contribution in [2.45, 2.75) is 19.8 Å². The molecule has 7 heteroatoms. The molecule has 0 bridgehead atoms. The van der Waals surface area contributed by atoms with Crippen molar-refractivity contribution in [1.82, 2.24) is 19.7 Å². The molecule has 0 aromatic rings. The Morgan fingerprint density at radius 1 is 1.00 bits per heavy atom. The monoisotopic (exact) mass is 334 g/mol. The van der Waals surface area contributed by atoms with Gasteiger partial charge in [0.25, 0.3) is 0 Å². The number of carbonyl (C=O) groups is 2. The highest BCUT2D eigenvalue weighted by molar-refractivity contribution is 6.22. The second kappa shape index (κ2) is 6.88. The summed E-state index contributed by atoms with van der Waals surface area (Å²) in [6.07, 6.45) is 4.18. The molecule has 0 radical (unpaired) electrons. The van der Waals surface area contributed by atoms with Crippen molar-refractivity contribution in [3.63, 3.8) is 0 Å². The van der Waals surface area contributed by atoms with Gasteiger partial charge in [0.15, 0.2) is 0 Å². The lowest BCUT2D eigenvalue weighted by Crippen LogP contribution is -2.29. The van der Waals surface area contributed by atoms with Crippen molar-refractivity contribution < 1.29 is 9.59 Å². The molecule has 6 nitrogen and oxygen atoms in total. The average Bonchev–Trinajstić information content (AvgIpc) is 3.41. The Bertz CT molecular complexity index is 556. The molecule has 0 unspecified atom stereocenters. The molecule has 3 heterocycles. The summed E-state index contributed by atoms with van der Waals surface area (Å²) in [4.78, 5) is 33.7. The molecule has 0 atom stereocenters. The Morgan fingerprint density at radius 3 is 2.00 bits per heavy atom. The quantitative estimate of drug-likeness (QED) is 0.286. The lowest BCUT2D eigenvalue weighted by atomic mass is 10.0. The predicted molar refractivity (Wildman–Crippen MR) is 92.7 cm³/mol. The molecule has 0 aromatic heterocycles. The summed E-state index contributed by atoms with van der Waals surface area (Å²) in [6, 6.07) is 0. The first kappa shape index (κ1) is 16.3. The van der Waals surface area contributed by atoms with Crippen LogP contribution < -0.4 is 4.98 Å². The third-order valence-corrected chi connectivity index (χ3v) is 4.77. The lowest BCUT2D eigenvalue weighted by molar-refractivity contribution is -0.117. The van der Waals surface area contributed by atoms with Crippen LogP contribution in [0.2, 0.25) is 0 Å². The van der Waals surface area contributed by atoms with Gasteiger partial charge in [0.05, 0.1) is 16.1 Å². The van der Waals surface area contributed by atoms with Gasteiger partial charge in [-0.15, -0.1) is 0 Å². The van der Waals surface area contributed by atoms with Crippen LogP contribution in [0.4, 0.5) is 0 Å². The summed E-state index contributed by atoms with van der Waals surface area (Å²) in [6.45, 7) is 8.84.